The van der Waals surface area contributed by atoms with Crippen molar-refractivity contribution in [2.45, 2.75) is 0 Å². The number of hydrogen-bond acceptors (Lipinski definition) is 4. The van der Waals surface area contributed by atoms with Gasteiger partial charge in [-0.05, 0) is 30.3 Å². The predicted molar refractivity (Wildman–Crippen MR) is 71.6 cm³/mol. The zero-order chi connectivity index (χ0) is 14.7. The number of hydrogen-bond donors (Lipinski definition) is 1. The predicted octanol–water partition coefficient (Wildman–Crippen LogP) is 3.74. The molecule has 6 nitrogen and oxygen atoms in total. The van der Waals surface area contributed by atoms with Gasteiger partial charge in [-0.1, -0.05) is 11.6 Å². The molecular formula is C13H8ClNO5. The Bertz CT molecular complexity index is 669. The second-order valence-electron chi connectivity index (χ2n) is 3.80. The maximum atomic E-state index is 10.8. The third kappa shape index (κ3) is 3.04. The number of carboxylic acids is 1. The van der Waals surface area contributed by atoms with E-state index in [1.165, 1.54) is 42.5 Å². The van der Waals surface area contributed by atoms with Crippen LogP contribution in [0.15, 0.2) is 42.5 Å². The summed E-state index contributed by atoms with van der Waals surface area (Å²) in [6.45, 7) is 0. The highest BCUT2D eigenvalue weighted by molar-refractivity contribution is 6.32. The van der Waals surface area contributed by atoms with E-state index in [-0.39, 0.29) is 22.0 Å². The van der Waals surface area contributed by atoms with Crippen molar-refractivity contribution in [1.82, 2.24) is 0 Å². The van der Waals surface area contributed by atoms with Gasteiger partial charge in [-0.25, -0.2) is 4.79 Å². The molecule has 0 aliphatic carbocycles. The van der Waals surface area contributed by atoms with Crippen LogP contribution in [0.2, 0.25) is 5.02 Å². The summed E-state index contributed by atoms with van der Waals surface area (Å²) in [7, 11) is 0. The summed E-state index contributed by atoms with van der Waals surface area (Å²) in [5, 5.41) is 19.5. The quantitative estimate of drug-likeness (QED) is 0.685. The fraction of sp³-hybridized carbons (Fsp3) is 0. The summed E-state index contributed by atoms with van der Waals surface area (Å²) < 4.78 is 5.43. The number of rotatable bonds is 4. The molecule has 1 N–H and O–H groups in total. The standard InChI is InChI=1S/C13H8ClNO5/c14-11-7-8(13(16)17)1-6-12(11)20-10-4-2-9(3-5-10)15(18)19/h1-7H,(H,16,17). The zero-order valence-electron chi connectivity index (χ0n) is 9.95. The van der Waals surface area contributed by atoms with Crippen LogP contribution in [0.4, 0.5) is 5.69 Å². The van der Waals surface area contributed by atoms with E-state index >= 15 is 0 Å². The first-order valence-electron chi connectivity index (χ1n) is 5.42. The lowest BCUT2D eigenvalue weighted by Gasteiger charge is -2.07. The molecule has 0 aliphatic rings. The molecule has 0 fully saturated rings. The van der Waals surface area contributed by atoms with Crippen LogP contribution in [0.1, 0.15) is 10.4 Å². The second kappa shape index (κ2) is 5.58. The van der Waals surface area contributed by atoms with E-state index in [0.29, 0.717) is 5.75 Å². The van der Waals surface area contributed by atoms with Crippen LogP contribution < -0.4 is 4.74 Å². The van der Waals surface area contributed by atoms with Crippen LogP contribution in [-0.2, 0) is 0 Å². The van der Waals surface area contributed by atoms with Crippen molar-refractivity contribution in [2.75, 3.05) is 0 Å². The molecule has 20 heavy (non-hydrogen) atoms. The largest absolute Gasteiger partial charge is 0.478 e. The Kier molecular flexibility index (Phi) is 3.86. The molecule has 0 heterocycles. The summed E-state index contributed by atoms with van der Waals surface area (Å²) >= 11 is 5.91. The normalized spacial score (nSPS) is 10.1. The molecule has 7 heteroatoms. The van der Waals surface area contributed by atoms with E-state index in [0.717, 1.165) is 0 Å². The Balaban J connectivity index is 2.21. The number of carbonyl (C=O) groups is 1. The Labute approximate surface area is 118 Å². The summed E-state index contributed by atoms with van der Waals surface area (Å²) in [5.74, 6) is -0.458. The van der Waals surface area contributed by atoms with Crippen molar-refractivity contribution in [2.24, 2.45) is 0 Å². The number of carboxylic acid groups (broad SMARTS) is 1. The summed E-state index contributed by atoms with van der Waals surface area (Å²) in [6.07, 6.45) is 0. The lowest BCUT2D eigenvalue weighted by Crippen LogP contribution is -1.96. The summed E-state index contributed by atoms with van der Waals surface area (Å²) in [4.78, 5) is 20.8. The topological polar surface area (TPSA) is 89.7 Å². The molecule has 2 aromatic carbocycles. The van der Waals surface area contributed by atoms with Crippen molar-refractivity contribution in [3.63, 3.8) is 0 Å². The Morgan fingerprint density at radius 3 is 2.35 bits per heavy atom. The number of nitro benzene ring substituents is 1. The minimum Gasteiger partial charge on any atom is -0.478 e. The molecule has 0 bridgehead atoms. The number of ether oxygens (including phenoxy) is 1. The highest BCUT2D eigenvalue weighted by Crippen LogP contribution is 2.30. The summed E-state index contributed by atoms with van der Waals surface area (Å²) in [6, 6.07) is 9.51. The van der Waals surface area contributed by atoms with Crippen molar-refractivity contribution in [3.8, 4) is 11.5 Å². The summed E-state index contributed by atoms with van der Waals surface area (Å²) in [5.41, 5.74) is -0.00396. The average Bonchev–Trinajstić information content (AvgIpc) is 2.41. The number of non-ortho nitro benzene ring substituents is 1. The molecule has 2 rings (SSSR count). The van der Waals surface area contributed by atoms with Crippen LogP contribution in [0.3, 0.4) is 0 Å². The van der Waals surface area contributed by atoms with Gasteiger partial charge < -0.3 is 9.84 Å². The minimum absolute atomic E-state index is 0.0473. The highest BCUT2D eigenvalue weighted by atomic mass is 35.5. The van der Waals surface area contributed by atoms with Gasteiger partial charge in [0.15, 0.2) is 0 Å². The monoisotopic (exact) mass is 293 g/mol. The number of halogens is 1. The SMILES string of the molecule is O=C(O)c1ccc(Oc2ccc([N+](=O)[O-])cc2)c(Cl)c1. The second-order valence-corrected chi connectivity index (χ2v) is 4.21. The molecule has 0 unspecified atom stereocenters. The van der Waals surface area contributed by atoms with Crippen molar-refractivity contribution >= 4 is 23.3 Å². The van der Waals surface area contributed by atoms with Gasteiger partial charge in [-0.2, -0.15) is 0 Å². The van der Waals surface area contributed by atoms with E-state index in [1.54, 1.807) is 0 Å². The van der Waals surface area contributed by atoms with E-state index in [2.05, 4.69) is 0 Å². The van der Waals surface area contributed by atoms with Crippen LogP contribution in [0.5, 0.6) is 11.5 Å². The molecule has 0 saturated heterocycles. The minimum atomic E-state index is -1.09. The van der Waals surface area contributed by atoms with Crippen LogP contribution in [-0.4, -0.2) is 16.0 Å². The average molecular weight is 294 g/mol. The van der Waals surface area contributed by atoms with Crippen LogP contribution in [0, 0.1) is 10.1 Å². The molecule has 2 aromatic rings. The van der Waals surface area contributed by atoms with Gasteiger partial charge in [0.1, 0.15) is 11.5 Å². The van der Waals surface area contributed by atoms with Gasteiger partial charge in [0.25, 0.3) is 5.69 Å². The molecule has 0 atom stereocenters. The molecule has 0 spiro atoms. The number of nitrogens with zero attached hydrogens (tertiary/aromatic N) is 1. The van der Waals surface area contributed by atoms with E-state index < -0.39 is 10.9 Å². The van der Waals surface area contributed by atoms with E-state index in [4.69, 9.17) is 21.4 Å². The number of aromatic carboxylic acids is 1. The van der Waals surface area contributed by atoms with E-state index in [1.807, 2.05) is 0 Å². The third-order valence-corrected chi connectivity index (χ3v) is 2.75. The van der Waals surface area contributed by atoms with Gasteiger partial charge >= 0.3 is 5.97 Å². The number of nitro groups is 1. The lowest BCUT2D eigenvalue weighted by molar-refractivity contribution is -0.384. The van der Waals surface area contributed by atoms with Crippen LogP contribution in [0.25, 0.3) is 0 Å². The highest BCUT2D eigenvalue weighted by Gasteiger charge is 2.10. The fourth-order valence-electron chi connectivity index (χ4n) is 1.48. The number of benzene rings is 2. The van der Waals surface area contributed by atoms with Gasteiger partial charge in [-0.3, -0.25) is 10.1 Å². The molecule has 0 aromatic heterocycles. The zero-order valence-corrected chi connectivity index (χ0v) is 10.7. The van der Waals surface area contributed by atoms with Gasteiger partial charge in [0.2, 0.25) is 0 Å². The Morgan fingerprint density at radius 1 is 1.20 bits per heavy atom. The van der Waals surface area contributed by atoms with Crippen LogP contribution >= 0.6 is 11.6 Å². The maximum absolute atomic E-state index is 10.8. The third-order valence-electron chi connectivity index (χ3n) is 2.45. The lowest BCUT2D eigenvalue weighted by atomic mass is 10.2. The molecule has 102 valence electrons. The first kappa shape index (κ1) is 13.8. The Hall–Kier alpha value is -2.60. The van der Waals surface area contributed by atoms with Gasteiger partial charge in [-0.15, -0.1) is 0 Å². The van der Waals surface area contributed by atoms with E-state index in [9.17, 15) is 14.9 Å². The molecule has 0 radical (unpaired) electrons. The molecule has 0 saturated carbocycles. The Morgan fingerprint density at radius 2 is 1.85 bits per heavy atom. The van der Waals surface area contributed by atoms with Crippen molar-refractivity contribution < 1.29 is 19.6 Å². The smallest absolute Gasteiger partial charge is 0.335 e. The molecule has 0 aliphatic heterocycles. The first-order chi connectivity index (χ1) is 9.47. The molecule has 0 amide bonds. The van der Waals surface area contributed by atoms with Gasteiger partial charge in [0.05, 0.1) is 15.5 Å². The maximum Gasteiger partial charge on any atom is 0.335 e. The fourth-order valence-corrected chi connectivity index (χ4v) is 1.70. The van der Waals surface area contributed by atoms with Crippen molar-refractivity contribution in [1.29, 1.82) is 0 Å². The molecular weight excluding hydrogens is 286 g/mol. The van der Waals surface area contributed by atoms with Crippen molar-refractivity contribution in [3.05, 3.63) is 63.2 Å². The first-order valence-corrected chi connectivity index (χ1v) is 5.80. The van der Waals surface area contributed by atoms with Gasteiger partial charge in [0, 0.05) is 12.1 Å².